The van der Waals surface area contributed by atoms with Crippen LogP contribution < -0.4 is 25.7 Å². The maximum Gasteiger partial charge on any atom is 0.343 e. The summed E-state index contributed by atoms with van der Waals surface area (Å²) in [6.07, 6.45) is 3.23. The maximum atomic E-state index is 12.5. The van der Waals surface area contributed by atoms with Crippen molar-refractivity contribution in [2.75, 3.05) is 24.7 Å². The molecule has 0 aromatic heterocycles. The number of hydrogen-bond donors (Lipinski definition) is 2. The highest BCUT2D eigenvalue weighted by molar-refractivity contribution is 6.06. The number of carbonyl (C=O) groups is 2. The lowest BCUT2D eigenvalue weighted by Gasteiger charge is -2.11. The first-order chi connectivity index (χ1) is 18.0. The molecule has 0 fully saturated rings. The molecule has 0 aliphatic rings. The lowest BCUT2D eigenvalue weighted by Crippen LogP contribution is -2.11. The van der Waals surface area contributed by atoms with Gasteiger partial charge in [-0.15, -0.1) is 0 Å². The zero-order chi connectivity index (χ0) is 26.0. The highest BCUT2D eigenvalue weighted by Gasteiger charge is 2.09. The standard InChI is InChI=1S/C30H26N2O5/c31-24-11-17-29(27(32)20-24)36-19-18-35-25-14-9-23(10-15-25)30(34)37-26-12-6-21(7-13-26)8-16-28(33)22-4-2-1-3-5-22/h1-17,20H,18-19,31-32H2/b16-8+. The average Bonchev–Trinajstić information content (AvgIpc) is 2.92. The summed E-state index contributed by atoms with van der Waals surface area (Å²) in [5, 5.41) is 0. The van der Waals surface area contributed by atoms with Crippen molar-refractivity contribution in [3.8, 4) is 17.2 Å². The summed E-state index contributed by atoms with van der Waals surface area (Å²) >= 11 is 0. The van der Waals surface area contributed by atoms with Crippen molar-refractivity contribution in [2.24, 2.45) is 0 Å². The van der Waals surface area contributed by atoms with Gasteiger partial charge in [0.25, 0.3) is 0 Å². The average molecular weight is 495 g/mol. The Morgan fingerprint density at radius 3 is 2.08 bits per heavy atom. The van der Waals surface area contributed by atoms with Crippen LogP contribution in [-0.4, -0.2) is 25.0 Å². The highest BCUT2D eigenvalue weighted by Crippen LogP contribution is 2.23. The predicted molar refractivity (Wildman–Crippen MR) is 144 cm³/mol. The fourth-order valence-electron chi connectivity index (χ4n) is 3.38. The summed E-state index contributed by atoms with van der Waals surface area (Å²) in [6, 6.07) is 27.6. The molecule has 7 heteroatoms. The first-order valence-electron chi connectivity index (χ1n) is 11.6. The fraction of sp³-hybridized carbons (Fsp3) is 0.0667. The number of carbonyl (C=O) groups excluding carboxylic acids is 2. The van der Waals surface area contributed by atoms with Gasteiger partial charge in [0, 0.05) is 11.3 Å². The molecule has 0 spiro atoms. The summed E-state index contributed by atoms with van der Waals surface area (Å²) < 4.78 is 16.7. The van der Waals surface area contributed by atoms with Crippen LogP contribution in [0.25, 0.3) is 6.08 Å². The second-order valence-electron chi connectivity index (χ2n) is 8.04. The van der Waals surface area contributed by atoms with Crippen molar-refractivity contribution in [3.05, 3.63) is 120 Å². The van der Waals surface area contributed by atoms with E-state index in [-0.39, 0.29) is 5.78 Å². The Balaban J connectivity index is 1.24. The molecule has 0 bridgehead atoms. The summed E-state index contributed by atoms with van der Waals surface area (Å²) in [4.78, 5) is 24.7. The molecular formula is C30H26N2O5. The minimum Gasteiger partial charge on any atom is -0.490 e. The van der Waals surface area contributed by atoms with Crippen LogP contribution in [0.5, 0.6) is 17.2 Å². The molecule has 4 rings (SSSR count). The number of rotatable bonds is 10. The van der Waals surface area contributed by atoms with Crippen LogP contribution in [0.2, 0.25) is 0 Å². The van der Waals surface area contributed by atoms with E-state index in [2.05, 4.69) is 0 Å². The third-order valence-corrected chi connectivity index (χ3v) is 5.31. The van der Waals surface area contributed by atoms with E-state index in [1.54, 1.807) is 84.9 Å². The topological polar surface area (TPSA) is 114 Å². The van der Waals surface area contributed by atoms with Gasteiger partial charge in [0.05, 0.1) is 11.3 Å². The molecule has 4 aromatic rings. The molecule has 0 saturated heterocycles. The van der Waals surface area contributed by atoms with Crippen molar-refractivity contribution >= 4 is 29.2 Å². The zero-order valence-corrected chi connectivity index (χ0v) is 20.0. The normalized spacial score (nSPS) is 10.7. The van der Waals surface area contributed by atoms with Crippen molar-refractivity contribution in [1.82, 2.24) is 0 Å². The van der Waals surface area contributed by atoms with E-state index in [4.69, 9.17) is 25.7 Å². The van der Waals surface area contributed by atoms with Gasteiger partial charge in [-0.05, 0) is 66.2 Å². The molecule has 0 heterocycles. The number of hydrogen-bond acceptors (Lipinski definition) is 7. The van der Waals surface area contributed by atoms with E-state index in [9.17, 15) is 9.59 Å². The van der Waals surface area contributed by atoms with E-state index >= 15 is 0 Å². The largest absolute Gasteiger partial charge is 0.490 e. The lowest BCUT2D eigenvalue weighted by atomic mass is 10.1. The minimum absolute atomic E-state index is 0.0810. The SMILES string of the molecule is Nc1ccc(OCCOc2ccc(C(=O)Oc3ccc(/C=C/C(=O)c4ccccc4)cc3)cc2)c(N)c1. The van der Waals surface area contributed by atoms with Gasteiger partial charge in [-0.2, -0.15) is 0 Å². The van der Waals surface area contributed by atoms with Gasteiger partial charge in [-0.1, -0.05) is 48.5 Å². The molecule has 4 N–H and O–H groups in total. The number of nitrogens with two attached hydrogens (primary N) is 2. The number of ether oxygens (including phenoxy) is 3. The maximum absolute atomic E-state index is 12.5. The second kappa shape index (κ2) is 12.1. The van der Waals surface area contributed by atoms with Crippen LogP contribution in [0.3, 0.4) is 0 Å². The molecule has 0 aliphatic heterocycles. The monoisotopic (exact) mass is 494 g/mol. The lowest BCUT2D eigenvalue weighted by molar-refractivity contribution is 0.0734. The summed E-state index contributed by atoms with van der Waals surface area (Å²) in [7, 11) is 0. The van der Waals surface area contributed by atoms with Crippen LogP contribution in [0, 0.1) is 0 Å². The molecule has 0 unspecified atom stereocenters. The number of anilines is 2. The molecule has 186 valence electrons. The Labute approximate surface area is 214 Å². The van der Waals surface area contributed by atoms with Gasteiger partial charge in [0.2, 0.25) is 0 Å². The number of allylic oxidation sites excluding steroid dienone is 1. The Morgan fingerprint density at radius 1 is 0.703 bits per heavy atom. The number of esters is 1. The smallest absolute Gasteiger partial charge is 0.343 e. The van der Waals surface area contributed by atoms with Gasteiger partial charge >= 0.3 is 5.97 Å². The number of benzene rings is 4. The Bertz CT molecular complexity index is 1380. The third-order valence-electron chi connectivity index (χ3n) is 5.31. The highest BCUT2D eigenvalue weighted by atomic mass is 16.5. The van der Waals surface area contributed by atoms with E-state index in [1.807, 2.05) is 18.2 Å². The Hall–Kier alpha value is -5.04. The quantitative estimate of drug-likeness (QED) is 0.0755. The zero-order valence-electron chi connectivity index (χ0n) is 20.0. The van der Waals surface area contributed by atoms with Gasteiger partial charge in [0.15, 0.2) is 5.78 Å². The van der Waals surface area contributed by atoms with Crippen LogP contribution in [0.15, 0.2) is 103 Å². The molecular weight excluding hydrogens is 468 g/mol. The van der Waals surface area contributed by atoms with Crippen molar-refractivity contribution in [3.63, 3.8) is 0 Å². The molecule has 0 atom stereocenters. The molecule has 37 heavy (non-hydrogen) atoms. The molecule has 7 nitrogen and oxygen atoms in total. The van der Waals surface area contributed by atoms with Crippen molar-refractivity contribution in [1.29, 1.82) is 0 Å². The van der Waals surface area contributed by atoms with Gasteiger partial charge in [0.1, 0.15) is 30.5 Å². The molecule has 0 aliphatic carbocycles. The van der Waals surface area contributed by atoms with Crippen LogP contribution in [0.1, 0.15) is 26.3 Å². The van der Waals surface area contributed by atoms with E-state index in [1.165, 1.54) is 6.08 Å². The van der Waals surface area contributed by atoms with Crippen LogP contribution in [-0.2, 0) is 0 Å². The van der Waals surface area contributed by atoms with Crippen LogP contribution >= 0.6 is 0 Å². The number of ketones is 1. The van der Waals surface area contributed by atoms with E-state index in [0.717, 1.165) is 5.56 Å². The minimum atomic E-state index is -0.490. The van der Waals surface area contributed by atoms with E-state index in [0.29, 0.717) is 53.0 Å². The van der Waals surface area contributed by atoms with Gasteiger partial charge in [-0.25, -0.2) is 4.79 Å². The van der Waals surface area contributed by atoms with Gasteiger partial charge in [-0.3, -0.25) is 4.79 Å². The number of nitrogen functional groups attached to an aromatic ring is 2. The predicted octanol–water partition coefficient (Wildman–Crippen LogP) is 5.42. The molecule has 0 saturated carbocycles. The summed E-state index contributed by atoms with van der Waals surface area (Å²) in [6.45, 7) is 0.592. The van der Waals surface area contributed by atoms with E-state index < -0.39 is 5.97 Å². The second-order valence-corrected chi connectivity index (χ2v) is 8.04. The third kappa shape index (κ3) is 7.22. The molecule has 0 amide bonds. The van der Waals surface area contributed by atoms with Gasteiger partial charge < -0.3 is 25.7 Å². The van der Waals surface area contributed by atoms with Crippen molar-refractivity contribution < 1.29 is 23.8 Å². The fourth-order valence-corrected chi connectivity index (χ4v) is 3.38. The first-order valence-corrected chi connectivity index (χ1v) is 11.6. The summed E-state index contributed by atoms with van der Waals surface area (Å²) in [5.41, 5.74) is 14.4. The van der Waals surface area contributed by atoms with Crippen LogP contribution in [0.4, 0.5) is 11.4 Å². The summed E-state index contributed by atoms with van der Waals surface area (Å²) in [5.74, 6) is 0.960. The van der Waals surface area contributed by atoms with Crippen molar-refractivity contribution in [2.45, 2.75) is 0 Å². The Morgan fingerprint density at radius 2 is 1.38 bits per heavy atom. The first kappa shape index (κ1) is 25.1. The molecule has 4 aromatic carbocycles. The Kier molecular flexibility index (Phi) is 8.18. The molecule has 0 radical (unpaired) electrons.